The zero-order chi connectivity index (χ0) is 22.5. The molecule has 0 saturated heterocycles. The first-order chi connectivity index (χ1) is 15.5. The van der Waals surface area contributed by atoms with Crippen LogP contribution in [-0.4, -0.2) is 63.8 Å². The number of aliphatic imine (C=N–C) groups is 1. The quantitative estimate of drug-likeness (QED) is 0.496. The van der Waals surface area contributed by atoms with Crippen LogP contribution in [0.4, 0.5) is 11.5 Å². The van der Waals surface area contributed by atoms with E-state index in [9.17, 15) is 9.90 Å². The Labute approximate surface area is 186 Å². The number of benzene rings is 1. The van der Waals surface area contributed by atoms with Crippen molar-refractivity contribution < 1.29 is 14.6 Å². The first-order valence-corrected chi connectivity index (χ1v) is 10.8. The summed E-state index contributed by atoms with van der Waals surface area (Å²) in [5.74, 6) is 1.44. The van der Waals surface area contributed by atoms with Crippen molar-refractivity contribution in [1.82, 2.24) is 19.9 Å². The van der Waals surface area contributed by atoms with Crippen molar-refractivity contribution in [2.45, 2.75) is 32.6 Å². The number of anilines is 1. The first-order valence-electron chi connectivity index (χ1n) is 10.8. The molecule has 9 heteroatoms. The summed E-state index contributed by atoms with van der Waals surface area (Å²) >= 11 is 0. The number of aromatic nitrogens is 3. The molecule has 1 amide bonds. The van der Waals surface area contributed by atoms with E-state index in [2.05, 4.69) is 25.3 Å². The number of aromatic amines is 1. The van der Waals surface area contributed by atoms with E-state index in [1.165, 1.54) is 6.33 Å². The number of amides is 1. The van der Waals surface area contributed by atoms with Gasteiger partial charge in [0.1, 0.15) is 23.5 Å². The van der Waals surface area contributed by atoms with Crippen molar-refractivity contribution in [2.75, 3.05) is 32.1 Å². The lowest BCUT2D eigenvalue weighted by atomic mass is 10.2. The van der Waals surface area contributed by atoms with Crippen molar-refractivity contribution in [3.05, 3.63) is 35.7 Å². The van der Waals surface area contributed by atoms with Crippen LogP contribution >= 0.6 is 0 Å². The van der Waals surface area contributed by atoms with Crippen molar-refractivity contribution >= 4 is 34.7 Å². The number of carbonyl (C=O) groups is 1. The van der Waals surface area contributed by atoms with E-state index < -0.39 is 0 Å². The molecule has 4 rings (SSSR count). The summed E-state index contributed by atoms with van der Waals surface area (Å²) in [5.41, 5.74) is 2.75. The van der Waals surface area contributed by atoms with Gasteiger partial charge in [0.15, 0.2) is 5.88 Å². The zero-order valence-electron chi connectivity index (χ0n) is 18.4. The SMILES string of the molecule is Cc1ccc2cc1OCCCCCC(=O)N(C)CCNc1ncnc3[nH]c(O)c(c13)C=N2. The van der Waals surface area contributed by atoms with Crippen LogP contribution in [0.5, 0.6) is 11.6 Å². The van der Waals surface area contributed by atoms with E-state index in [1.54, 1.807) is 18.2 Å². The van der Waals surface area contributed by atoms with Crippen LogP contribution < -0.4 is 10.1 Å². The van der Waals surface area contributed by atoms with E-state index >= 15 is 0 Å². The molecule has 2 aromatic heterocycles. The van der Waals surface area contributed by atoms with Gasteiger partial charge in [0.05, 0.1) is 23.2 Å². The predicted octanol–water partition coefficient (Wildman–Crippen LogP) is 3.55. The molecule has 32 heavy (non-hydrogen) atoms. The molecule has 2 bridgehead atoms. The molecular weight excluding hydrogens is 408 g/mol. The van der Waals surface area contributed by atoms with Gasteiger partial charge in [-0.05, 0) is 37.8 Å². The molecule has 0 unspecified atom stereocenters. The molecule has 0 atom stereocenters. The summed E-state index contributed by atoms with van der Waals surface area (Å²) in [6.07, 6.45) is 6.20. The summed E-state index contributed by atoms with van der Waals surface area (Å²) < 4.78 is 5.96. The number of aryl methyl sites for hydroxylation is 1. The molecule has 168 valence electrons. The maximum atomic E-state index is 12.4. The third-order valence-electron chi connectivity index (χ3n) is 5.58. The van der Waals surface area contributed by atoms with Gasteiger partial charge in [0.25, 0.3) is 0 Å². The lowest BCUT2D eigenvalue weighted by Crippen LogP contribution is -2.31. The smallest absolute Gasteiger partial charge is 0.222 e. The molecule has 9 nitrogen and oxygen atoms in total. The number of aromatic hydroxyl groups is 1. The van der Waals surface area contributed by atoms with E-state index in [0.717, 1.165) is 36.3 Å². The van der Waals surface area contributed by atoms with Gasteiger partial charge in [-0.3, -0.25) is 9.79 Å². The fourth-order valence-electron chi connectivity index (χ4n) is 3.65. The number of ether oxygens (including phenoxy) is 1. The number of nitrogens with one attached hydrogen (secondary N) is 2. The fourth-order valence-corrected chi connectivity index (χ4v) is 3.65. The van der Waals surface area contributed by atoms with E-state index in [-0.39, 0.29) is 11.8 Å². The van der Waals surface area contributed by atoms with Crippen LogP contribution in [0.3, 0.4) is 0 Å². The summed E-state index contributed by atoms with van der Waals surface area (Å²) in [5, 5.41) is 14.4. The minimum atomic E-state index is -0.0333. The van der Waals surface area contributed by atoms with Crippen LogP contribution in [0.15, 0.2) is 29.5 Å². The third kappa shape index (κ3) is 4.82. The van der Waals surface area contributed by atoms with Crippen molar-refractivity contribution in [1.29, 1.82) is 0 Å². The average Bonchev–Trinajstić information content (AvgIpc) is 3.11. The predicted molar refractivity (Wildman–Crippen MR) is 124 cm³/mol. The fraction of sp³-hybridized carbons (Fsp3) is 0.391. The van der Waals surface area contributed by atoms with Gasteiger partial charge in [0.2, 0.25) is 5.91 Å². The largest absolute Gasteiger partial charge is 0.494 e. The summed E-state index contributed by atoms with van der Waals surface area (Å²) in [6.45, 7) is 3.64. The summed E-state index contributed by atoms with van der Waals surface area (Å²) in [6, 6.07) is 5.76. The number of H-pyrrole nitrogens is 1. The molecule has 1 aliphatic heterocycles. The van der Waals surface area contributed by atoms with Gasteiger partial charge in [-0.15, -0.1) is 0 Å². The molecule has 1 aromatic carbocycles. The highest BCUT2D eigenvalue weighted by Gasteiger charge is 2.16. The molecule has 0 radical (unpaired) electrons. The van der Waals surface area contributed by atoms with E-state index in [0.29, 0.717) is 48.5 Å². The molecule has 1 aliphatic rings. The molecule has 0 spiro atoms. The van der Waals surface area contributed by atoms with Gasteiger partial charge in [-0.25, -0.2) is 9.97 Å². The summed E-state index contributed by atoms with van der Waals surface area (Å²) in [4.78, 5) is 30.1. The molecule has 0 aliphatic carbocycles. The minimum Gasteiger partial charge on any atom is -0.494 e. The van der Waals surface area contributed by atoms with Gasteiger partial charge in [-0.2, -0.15) is 0 Å². The Balaban J connectivity index is 1.69. The van der Waals surface area contributed by atoms with Crippen molar-refractivity contribution in [3.8, 4) is 11.6 Å². The standard InChI is InChI=1S/C23H28N6O3/c1-15-7-8-16-12-18(15)32-11-5-3-4-6-19(30)29(2)10-9-24-21-20-17(13-25-16)23(31)28-22(20)27-14-26-21/h7-8,12-14,31H,3-6,9-11H2,1-2H3,(H2,24,26,27,28). The van der Waals surface area contributed by atoms with Gasteiger partial charge in [0, 0.05) is 38.8 Å². The monoisotopic (exact) mass is 436 g/mol. The van der Waals surface area contributed by atoms with Crippen molar-refractivity contribution in [3.63, 3.8) is 0 Å². The van der Waals surface area contributed by atoms with E-state index in [4.69, 9.17) is 4.74 Å². The highest BCUT2D eigenvalue weighted by molar-refractivity contribution is 6.06. The number of carbonyl (C=O) groups excluding carboxylic acids is 1. The Hall–Kier alpha value is -3.62. The number of hydrogen-bond donors (Lipinski definition) is 3. The number of rotatable bonds is 0. The number of hydrogen-bond acceptors (Lipinski definition) is 7. The minimum absolute atomic E-state index is 0.0333. The topological polar surface area (TPSA) is 116 Å². The second-order valence-electron chi connectivity index (χ2n) is 7.94. The zero-order valence-corrected chi connectivity index (χ0v) is 18.4. The molecular formula is C23H28N6O3. The van der Waals surface area contributed by atoms with Crippen LogP contribution in [0.25, 0.3) is 11.0 Å². The Bertz CT molecular complexity index is 1140. The van der Waals surface area contributed by atoms with Crippen LogP contribution in [0.1, 0.15) is 36.8 Å². The van der Waals surface area contributed by atoms with Crippen LogP contribution in [0, 0.1) is 6.92 Å². The normalized spacial score (nSPS) is 16.1. The van der Waals surface area contributed by atoms with Crippen LogP contribution in [0.2, 0.25) is 0 Å². The van der Waals surface area contributed by atoms with Crippen LogP contribution in [-0.2, 0) is 4.79 Å². The van der Waals surface area contributed by atoms with Gasteiger partial charge in [-0.1, -0.05) is 6.07 Å². The third-order valence-corrected chi connectivity index (χ3v) is 5.58. The highest BCUT2D eigenvalue weighted by Crippen LogP contribution is 2.30. The molecule has 3 aromatic rings. The average molecular weight is 437 g/mol. The first kappa shape index (κ1) is 21.6. The molecule has 3 heterocycles. The van der Waals surface area contributed by atoms with Gasteiger partial charge < -0.3 is 25.0 Å². The second-order valence-corrected chi connectivity index (χ2v) is 7.94. The maximum Gasteiger partial charge on any atom is 0.222 e. The molecule has 0 saturated carbocycles. The molecule has 0 fully saturated rings. The van der Waals surface area contributed by atoms with Crippen molar-refractivity contribution in [2.24, 2.45) is 4.99 Å². The number of nitrogens with zero attached hydrogens (tertiary/aromatic N) is 4. The highest BCUT2D eigenvalue weighted by atomic mass is 16.5. The Morgan fingerprint density at radius 2 is 2.06 bits per heavy atom. The van der Waals surface area contributed by atoms with E-state index in [1.807, 2.05) is 25.1 Å². The summed E-state index contributed by atoms with van der Waals surface area (Å²) in [7, 11) is 1.81. The number of likely N-dealkylation sites (N-methyl/N-ethyl adjacent to an activating group) is 1. The Morgan fingerprint density at radius 3 is 2.94 bits per heavy atom. The lowest BCUT2D eigenvalue weighted by Gasteiger charge is -2.18. The number of fused-ring (bicyclic) bond motifs is 2. The Kier molecular flexibility index (Phi) is 6.53. The Morgan fingerprint density at radius 1 is 1.19 bits per heavy atom. The lowest BCUT2D eigenvalue weighted by molar-refractivity contribution is -0.129. The molecule has 3 N–H and O–H groups in total. The second kappa shape index (κ2) is 9.67. The van der Waals surface area contributed by atoms with Gasteiger partial charge >= 0.3 is 0 Å². The maximum absolute atomic E-state index is 12.4.